The molecule has 13 nitrogen and oxygen atoms in total. The van der Waals surface area contributed by atoms with Crippen molar-refractivity contribution in [2.45, 2.75) is 51.4 Å². The van der Waals surface area contributed by atoms with Gasteiger partial charge in [0.25, 0.3) is 0 Å². The van der Waals surface area contributed by atoms with Crippen molar-refractivity contribution < 1.29 is 42.9 Å². The monoisotopic (exact) mass is 468 g/mol. The summed E-state index contributed by atoms with van der Waals surface area (Å²) in [5.41, 5.74) is 0.709. The Kier molecular flexibility index (Phi) is 6.84. The number of carbonyl (C=O) groups is 4. The Balaban J connectivity index is 2.13. The van der Waals surface area contributed by atoms with Crippen molar-refractivity contribution in [1.82, 2.24) is 19.5 Å². The first-order chi connectivity index (χ1) is 15.1. The summed E-state index contributed by atoms with van der Waals surface area (Å²) in [6.07, 6.45) is -3.99. The van der Waals surface area contributed by atoms with Crippen LogP contribution in [0.1, 0.15) is 27.0 Å². The van der Waals surface area contributed by atoms with E-state index in [2.05, 4.69) is 15.0 Å². The van der Waals surface area contributed by atoms with Crippen molar-refractivity contribution >= 4 is 47.3 Å². The van der Waals surface area contributed by atoms with Gasteiger partial charge in [0.05, 0.1) is 19.8 Å². The zero-order chi connectivity index (χ0) is 23.6. The van der Waals surface area contributed by atoms with Gasteiger partial charge in [-0.25, -0.2) is 14.8 Å². The van der Waals surface area contributed by atoms with Crippen LogP contribution in [0.25, 0.3) is 11.2 Å². The van der Waals surface area contributed by atoms with Gasteiger partial charge in [-0.2, -0.15) is 0 Å². The van der Waals surface area contributed by atoms with E-state index in [4.69, 9.17) is 35.9 Å². The summed E-state index contributed by atoms with van der Waals surface area (Å²) in [4.78, 5) is 58.7. The van der Waals surface area contributed by atoms with E-state index < -0.39 is 54.5 Å². The number of esters is 4. The molecule has 2 aromatic heterocycles. The van der Waals surface area contributed by atoms with Crippen LogP contribution in [-0.2, 0) is 42.9 Å². The Morgan fingerprint density at radius 3 is 2.34 bits per heavy atom. The summed E-state index contributed by atoms with van der Waals surface area (Å²) in [5.74, 6) is -3.21. The van der Waals surface area contributed by atoms with Crippen molar-refractivity contribution in [2.24, 2.45) is 0 Å². The molecular weight excluding hydrogens is 448 g/mol. The first kappa shape index (κ1) is 23.3. The molecule has 5 atom stereocenters. The molecule has 1 aliphatic heterocycles. The van der Waals surface area contributed by atoms with Crippen LogP contribution in [0.3, 0.4) is 0 Å². The van der Waals surface area contributed by atoms with Crippen LogP contribution in [0, 0.1) is 4.64 Å². The second-order valence-electron chi connectivity index (χ2n) is 6.75. The number of ether oxygens (including phenoxy) is 5. The van der Waals surface area contributed by atoms with Crippen molar-refractivity contribution in [1.29, 1.82) is 0 Å². The molecule has 0 radical (unpaired) electrons. The first-order valence-corrected chi connectivity index (χ1v) is 9.70. The molecule has 0 aromatic carbocycles. The maximum atomic E-state index is 12.4. The predicted molar refractivity (Wildman–Crippen MR) is 105 cm³/mol. The average molecular weight is 468 g/mol. The molecule has 0 aliphatic carbocycles. The first-order valence-electron chi connectivity index (χ1n) is 9.29. The Bertz CT molecular complexity index is 1110. The number of imidazole rings is 1. The highest BCUT2D eigenvalue weighted by Gasteiger charge is 2.56. The molecule has 1 saturated heterocycles. The Morgan fingerprint density at radius 1 is 1.09 bits per heavy atom. The minimum absolute atomic E-state index is 0.208. The third kappa shape index (κ3) is 4.60. The smallest absolute Gasteiger partial charge is 0.350 e. The molecule has 3 rings (SSSR count). The SMILES string of the molecule is COC(=O)[C@@H](OC(C)=O)[C@H]1O[C@@H](n2cnc3c(=S)nc[nH]c32)[C@@H](OC(C)=O)[C@H]1OC(C)=O. The van der Waals surface area contributed by atoms with E-state index in [-0.39, 0.29) is 4.64 Å². The van der Waals surface area contributed by atoms with E-state index in [9.17, 15) is 19.2 Å². The minimum Gasteiger partial charge on any atom is -0.466 e. The number of carbonyl (C=O) groups excluding carboxylic acids is 4. The lowest BCUT2D eigenvalue weighted by Gasteiger charge is -2.26. The molecule has 0 spiro atoms. The van der Waals surface area contributed by atoms with Gasteiger partial charge in [-0.3, -0.25) is 19.0 Å². The highest BCUT2D eigenvalue weighted by molar-refractivity contribution is 7.71. The fraction of sp³-hybridized carbons (Fsp3) is 0.500. The molecule has 0 saturated carbocycles. The molecule has 172 valence electrons. The number of fused-ring (bicyclic) bond motifs is 1. The largest absolute Gasteiger partial charge is 0.466 e. The van der Waals surface area contributed by atoms with Crippen LogP contribution in [-0.4, -0.2) is 74.9 Å². The van der Waals surface area contributed by atoms with Gasteiger partial charge >= 0.3 is 23.9 Å². The van der Waals surface area contributed by atoms with Crippen molar-refractivity contribution in [3.05, 3.63) is 17.3 Å². The molecule has 1 aliphatic rings. The number of nitrogens with one attached hydrogen (secondary N) is 1. The molecule has 32 heavy (non-hydrogen) atoms. The van der Waals surface area contributed by atoms with Gasteiger partial charge in [0.1, 0.15) is 17.3 Å². The second-order valence-corrected chi connectivity index (χ2v) is 7.14. The molecule has 3 heterocycles. The number of aromatic nitrogens is 4. The van der Waals surface area contributed by atoms with Gasteiger partial charge in [0, 0.05) is 20.8 Å². The third-order valence-electron chi connectivity index (χ3n) is 4.51. The fourth-order valence-corrected chi connectivity index (χ4v) is 3.59. The van der Waals surface area contributed by atoms with E-state index >= 15 is 0 Å². The average Bonchev–Trinajstić information content (AvgIpc) is 3.28. The molecule has 1 N–H and O–H groups in total. The lowest BCUT2D eigenvalue weighted by Crippen LogP contribution is -2.48. The Labute approximate surface area is 186 Å². The summed E-state index contributed by atoms with van der Waals surface area (Å²) in [7, 11) is 1.09. The van der Waals surface area contributed by atoms with E-state index in [1.807, 2.05) is 0 Å². The van der Waals surface area contributed by atoms with Crippen LogP contribution in [0.15, 0.2) is 12.7 Å². The molecule has 0 bridgehead atoms. The third-order valence-corrected chi connectivity index (χ3v) is 4.81. The number of rotatable bonds is 6. The van der Waals surface area contributed by atoms with Gasteiger partial charge in [-0.1, -0.05) is 12.2 Å². The number of H-pyrrole nitrogens is 1. The summed E-state index contributed by atoms with van der Waals surface area (Å²) < 4.78 is 28.2. The van der Waals surface area contributed by atoms with Crippen LogP contribution in [0.2, 0.25) is 0 Å². The van der Waals surface area contributed by atoms with Crippen molar-refractivity contribution in [2.75, 3.05) is 7.11 Å². The quantitative estimate of drug-likeness (QED) is 0.352. The van der Waals surface area contributed by atoms with E-state index in [0.29, 0.717) is 11.2 Å². The van der Waals surface area contributed by atoms with Crippen LogP contribution < -0.4 is 0 Å². The summed E-state index contributed by atoms with van der Waals surface area (Å²) in [5, 5.41) is 0. The number of aromatic amines is 1. The van der Waals surface area contributed by atoms with E-state index in [1.165, 1.54) is 17.2 Å². The standard InChI is InChI=1S/C18H20N4O9S/c1-7(23)28-11-12(14(18(26)27-4)30-9(3)25)31-17(13(11)29-8(2)24)22-6-21-10-15(22)19-5-20-16(10)32/h5-6,11-14,17H,1-4H3,(H,19,20,32)/t11-,12-,13-,14-,17+/m0/s1. The fourth-order valence-electron chi connectivity index (χ4n) is 3.39. The topological polar surface area (TPSA) is 161 Å². The molecule has 0 amide bonds. The Hall–Kier alpha value is -3.39. The van der Waals surface area contributed by atoms with E-state index in [0.717, 1.165) is 27.9 Å². The van der Waals surface area contributed by atoms with Crippen LogP contribution in [0.5, 0.6) is 0 Å². The minimum atomic E-state index is -1.61. The number of hydrogen-bond acceptors (Lipinski definition) is 12. The Morgan fingerprint density at radius 2 is 1.75 bits per heavy atom. The number of methoxy groups -OCH3 is 1. The molecule has 2 aromatic rings. The van der Waals surface area contributed by atoms with Gasteiger partial charge in [0.2, 0.25) is 6.10 Å². The van der Waals surface area contributed by atoms with Gasteiger partial charge < -0.3 is 28.7 Å². The highest BCUT2D eigenvalue weighted by Crippen LogP contribution is 2.37. The lowest BCUT2D eigenvalue weighted by molar-refractivity contribution is -0.183. The van der Waals surface area contributed by atoms with E-state index in [1.54, 1.807) is 0 Å². The maximum absolute atomic E-state index is 12.4. The predicted octanol–water partition coefficient (Wildman–Crippen LogP) is 0.354. The summed E-state index contributed by atoms with van der Waals surface area (Å²) >= 11 is 5.16. The van der Waals surface area contributed by atoms with Gasteiger partial charge in [0.15, 0.2) is 23.1 Å². The van der Waals surface area contributed by atoms with Crippen LogP contribution >= 0.6 is 12.2 Å². The molecule has 1 fully saturated rings. The summed E-state index contributed by atoms with van der Waals surface area (Å²) in [6, 6.07) is 0. The zero-order valence-electron chi connectivity index (χ0n) is 17.5. The summed E-state index contributed by atoms with van der Waals surface area (Å²) in [6.45, 7) is 3.37. The lowest BCUT2D eigenvalue weighted by atomic mass is 10.0. The molecule has 14 heteroatoms. The number of nitrogens with zero attached hydrogens (tertiary/aromatic N) is 3. The molecule has 0 unspecified atom stereocenters. The second kappa shape index (κ2) is 9.40. The van der Waals surface area contributed by atoms with Gasteiger partial charge in [-0.05, 0) is 0 Å². The highest BCUT2D eigenvalue weighted by atomic mass is 32.1. The zero-order valence-corrected chi connectivity index (χ0v) is 18.3. The number of hydrogen-bond donors (Lipinski definition) is 1. The maximum Gasteiger partial charge on any atom is 0.350 e. The van der Waals surface area contributed by atoms with Crippen molar-refractivity contribution in [3.63, 3.8) is 0 Å². The van der Waals surface area contributed by atoms with Gasteiger partial charge in [-0.15, -0.1) is 0 Å². The van der Waals surface area contributed by atoms with Crippen LogP contribution in [0.4, 0.5) is 0 Å². The van der Waals surface area contributed by atoms with Crippen molar-refractivity contribution in [3.8, 4) is 0 Å². The molecular formula is C18H20N4O9S. The normalized spacial score (nSPS) is 23.4.